The molecule has 0 heterocycles. The van der Waals surface area contributed by atoms with Crippen LogP contribution >= 0.6 is 0 Å². The summed E-state index contributed by atoms with van der Waals surface area (Å²) in [6.07, 6.45) is -0.306. The van der Waals surface area contributed by atoms with Crippen LogP contribution in [0.3, 0.4) is 0 Å². The van der Waals surface area contributed by atoms with Crippen molar-refractivity contribution in [2.75, 3.05) is 5.32 Å². The fraction of sp³-hybridized carbons (Fsp3) is 0.273. The van der Waals surface area contributed by atoms with Gasteiger partial charge in [0.25, 0.3) is 0 Å². The maximum atomic E-state index is 11.7. The zero-order chi connectivity index (χ0) is 15.5. The average Bonchev–Trinajstić information content (AvgIpc) is 2.29. The quantitative estimate of drug-likeness (QED) is 0.536. The number of nitrogens with one attached hydrogen (secondary N) is 1. The van der Waals surface area contributed by atoms with E-state index in [2.05, 4.69) is 5.32 Å². The zero-order valence-electron chi connectivity index (χ0n) is 10.8. The number of anilines is 1. The monoisotopic (exact) mass is 300 g/mol. The van der Waals surface area contributed by atoms with E-state index < -0.39 is 27.9 Å². The van der Waals surface area contributed by atoms with Crippen molar-refractivity contribution in [3.05, 3.63) is 23.8 Å². The van der Waals surface area contributed by atoms with Crippen molar-refractivity contribution in [2.45, 2.75) is 24.3 Å². The molecule has 1 unspecified atom stereocenters. The van der Waals surface area contributed by atoms with E-state index in [1.165, 1.54) is 18.2 Å². The van der Waals surface area contributed by atoms with Gasteiger partial charge in [-0.05, 0) is 24.6 Å². The molecule has 7 N–H and O–H groups in total. The molecule has 0 bridgehead atoms. The lowest BCUT2D eigenvalue weighted by Gasteiger charge is -2.12. The summed E-state index contributed by atoms with van der Waals surface area (Å²) < 4.78 is 22.7. The van der Waals surface area contributed by atoms with E-state index in [9.17, 15) is 18.0 Å². The normalized spacial score (nSPS) is 12.8. The van der Waals surface area contributed by atoms with E-state index in [0.717, 1.165) is 0 Å². The number of primary amides is 1. The number of rotatable bonds is 5. The van der Waals surface area contributed by atoms with Crippen molar-refractivity contribution in [1.29, 1.82) is 0 Å². The van der Waals surface area contributed by atoms with Crippen molar-refractivity contribution >= 4 is 27.5 Å². The van der Waals surface area contributed by atoms with Gasteiger partial charge < -0.3 is 16.8 Å². The smallest absolute Gasteiger partial charge is 0.241 e. The van der Waals surface area contributed by atoms with Gasteiger partial charge in [-0.3, -0.25) is 9.59 Å². The van der Waals surface area contributed by atoms with Crippen LogP contribution in [0, 0.1) is 6.92 Å². The van der Waals surface area contributed by atoms with Crippen molar-refractivity contribution in [1.82, 2.24) is 0 Å². The van der Waals surface area contributed by atoms with E-state index in [4.69, 9.17) is 16.6 Å². The summed E-state index contributed by atoms with van der Waals surface area (Å²) in [7, 11) is -3.89. The Bertz CT molecular complexity index is 642. The molecule has 8 nitrogen and oxygen atoms in total. The number of carbonyl (C=O) groups is 2. The molecule has 110 valence electrons. The number of primary sulfonamides is 1. The Morgan fingerprint density at radius 1 is 1.35 bits per heavy atom. The number of carbonyl (C=O) groups excluding carboxylic acids is 2. The molecule has 20 heavy (non-hydrogen) atoms. The highest BCUT2D eigenvalue weighted by atomic mass is 32.2. The summed E-state index contributed by atoms with van der Waals surface area (Å²) in [5, 5.41) is 7.45. The second-order valence-electron chi connectivity index (χ2n) is 4.29. The van der Waals surface area contributed by atoms with Crippen LogP contribution in [0.15, 0.2) is 23.1 Å². The van der Waals surface area contributed by atoms with Gasteiger partial charge in [0, 0.05) is 5.69 Å². The van der Waals surface area contributed by atoms with Crippen LogP contribution in [0.5, 0.6) is 0 Å². The minimum atomic E-state index is -3.89. The molecule has 1 rings (SSSR count). The third-order valence-corrected chi connectivity index (χ3v) is 3.57. The number of sulfonamides is 1. The van der Waals surface area contributed by atoms with E-state index in [0.29, 0.717) is 5.56 Å². The molecule has 0 saturated heterocycles. The molecule has 0 fully saturated rings. The highest BCUT2D eigenvalue weighted by molar-refractivity contribution is 7.89. The minimum absolute atomic E-state index is 0.0984. The van der Waals surface area contributed by atoms with E-state index in [1.54, 1.807) is 6.92 Å². The predicted octanol–water partition coefficient (Wildman–Crippen LogP) is -1.22. The van der Waals surface area contributed by atoms with Crippen LogP contribution in [-0.2, 0) is 19.6 Å². The molecule has 0 saturated carbocycles. The molecule has 0 radical (unpaired) electrons. The van der Waals surface area contributed by atoms with Gasteiger partial charge in [0.05, 0.1) is 17.4 Å². The van der Waals surface area contributed by atoms with Gasteiger partial charge in [0.2, 0.25) is 21.8 Å². The first-order chi connectivity index (χ1) is 9.11. The second kappa shape index (κ2) is 5.99. The van der Waals surface area contributed by atoms with Crippen LogP contribution in [-0.4, -0.2) is 26.3 Å². The van der Waals surface area contributed by atoms with Gasteiger partial charge in [-0.2, -0.15) is 0 Å². The van der Waals surface area contributed by atoms with Gasteiger partial charge >= 0.3 is 0 Å². The molecule has 1 atom stereocenters. The van der Waals surface area contributed by atoms with Crippen LogP contribution in [0.25, 0.3) is 0 Å². The van der Waals surface area contributed by atoms with Crippen LogP contribution in [0.1, 0.15) is 12.0 Å². The zero-order valence-corrected chi connectivity index (χ0v) is 11.6. The molecule has 0 aromatic heterocycles. The number of nitrogens with two attached hydrogens (primary N) is 3. The molecule has 0 spiro atoms. The van der Waals surface area contributed by atoms with E-state index >= 15 is 0 Å². The predicted molar refractivity (Wildman–Crippen MR) is 73.0 cm³/mol. The van der Waals surface area contributed by atoms with Crippen molar-refractivity contribution in [3.63, 3.8) is 0 Å². The van der Waals surface area contributed by atoms with Gasteiger partial charge in [-0.1, -0.05) is 6.07 Å². The van der Waals surface area contributed by atoms with Crippen LogP contribution in [0.2, 0.25) is 0 Å². The van der Waals surface area contributed by atoms with Crippen LogP contribution < -0.4 is 21.9 Å². The molecule has 9 heteroatoms. The van der Waals surface area contributed by atoms with Gasteiger partial charge in [0.15, 0.2) is 0 Å². The lowest BCUT2D eigenvalue weighted by molar-refractivity contribution is -0.123. The van der Waals surface area contributed by atoms with Crippen LogP contribution in [0.4, 0.5) is 5.69 Å². The first-order valence-electron chi connectivity index (χ1n) is 5.59. The first kappa shape index (κ1) is 16.1. The Morgan fingerprint density at radius 3 is 2.45 bits per heavy atom. The summed E-state index contributed by atoms with van der Waals surface area (Å²) in [4.78, 5) is 22.2. The highest BCUT2D eigenvalue weighted by Gasteiger charge is 2.18. The van der Waals surface area contributed by atoms with Crippen molar-refractivity contribution in [3.8, 4) is 0 Å². The Balaban J connectivity index is 2.95. The molecule has 0 aliphatic heterocycles. The Labute approximate surface area is 116 Å². The topological polar surface area (TPSA) is 158 Å². The van der Waals surface area contributed by atoms with E-state index in [1.807, 2.05) is 0 Å². The Morgan fingerprint density at radius 2 is 1.95 bits per heavy atom. The number of amides is 2. The summed E-state index contributed by atoms with van der Waals surface area (Å²) in [5.74, 6) is -1.35. The number of hydrogen-bond acceptors (Lipinski definition) is 5. The van der Waals surface area contributed by atoms with Gasteiger partial charge in [-0.15, -0.1) is 0 Å². The summed E-state index contributed by atoms with van der Waals surface area (Å²) in [6.45, 7) is 1.57. The summed E-state index contributed by atoms with van der Waals surface area (Å²) in [6, 6.07) is 3.11. The largest absolute Gasteiger partial charge is 0.370 e. The summed E-state index contributed by atoms with van der Waals surface area (Å²) in [5.41, 5.74) is 11.1. The number of benzene rings is 1. The molecule has 1 aromatic carbocycles. The highest BCUT2D eigenvalue weighted by Crippen LogP contribution is 2.19. The summed E-state index contributed by atoms with van der Waals surface area (Å²) >= 11 is 0. The average molecular weight is 300 g/mol. The first-order valence-corrected chi connectivity index (χ1v) is 7.14. The second-order valence-corrected chi connectivity index (χ2v) is 5.82. The third-order valence-electron chi connectivity index (χ3n) is 2.52. The van der Waals surface area contributed by atoms with Crippen molar-refractivity contribution < 1.29 is 18.0 Å². The molecular formula is C11H16N4O4S. The molecule has 0 aliphatic rings. The third kappa shape index (κ3) is 4.30. The SMILES string of the molecule is Cc1ccc(NC(=O)C(N)CC(N)=O)cc1S(N)(=O)=O. The van der Waals surface area contributed by atoms with Gasteiger partial charge in [-0.25, -0.2) is 13.6 Å². The maximum absolute atomic E-state index is 11.7. The number of hydrogen-bond donors (Lipinski definition) is 4. The lowest BCUT2D eigenvalue weighted by atomic mass is 10.2. The van der Waals surface area contributed by atoms with E-state index in [-0.39, 0.29) is 17.0 Å². The molecule has 1 aromatic rings. The fourth-order valence-electron chi connectivity index (χ4n) is 1.53. The molecule has 0 aliphatic carbocycles. The Kier molecular flexibility index (Phi) is 4.82. The Hall–Kier alpha value is -1.97. The minimum Gasteiger partial charge on any atom is -0.370 e. The molecule has 2 amide bonds. The van der Waals surface area contributed by atoms with Gasteiger partial charge in [0.1, 0.15) is 0 Å². The maximum Gasteiger partial charge on any atom is 0.241 e. The fourth-order valence-corrected chi connectivity index (χ4v) is 2.34. The standard InChI is InChI=1S/C11H16N4O4S/c1-6-2-3-7(4-9(6)20(14,18)19)15-11(17)8(12)5-10(13)16/h2-4,8H,5,12H2,1H3,(H2,13,16)(H,15,17)(H2,14,18,19). The lowest BCUT2D eigenvalue weighted by Crippen LogP contribution is -2.39. The van der Waals surface area contributed by atoms with Crippen molar-refractivity contribution in [2.24, 2.45) is 16.6 Å². The number of aryl methyl sites for hydroxylation is 1. The molecular weight excluding hydrogens is 284 g/mol.